The van der Waals surface area contributed by atoms with Crippen molar-refractivity contribution in [3.63, 3.8) is 0 Å². The van der Waals surface area contributed by atoms with Crippen molar-refractivity contribution in [3.05, 3.63) is 35.4 Å². The number of hydrogen-bond acceptors (Lipinski definition) is 2. The van der Waals surface area contributed by atoms with E-state index in [0.29, 0.717) is 6.04 Å². The Kier molecular flexibility index (Phi) is 3.67. The van der Waals surface area contributed by atoms with Crippen LogP contribution in [0.15, 0.2) is 24.3 Å². The van der Waals surface area contributed by atoms with E-state index in [-0.39, 0.29) is 0 Å². The Hall–Kier alpha value is -0.860. The van der Waals surface area contributed by atoms with Crippen LogP contribution in [0.3, 0.4) is 0 Å². The van der Waals surface area contributed by atoms with Crippen molar-refractivity contribution in [1.82, 2.24) is 10.2 Å². The van der Waals surface area contributed by atoms with E-state index >= 15 is 0 Å². The van der Waals surface area contributed by atoms with E-state index in [1.54, 1.807) is 0 Å². The maximum atomic E-state index is 3.70. The normalized spacial score (nSPS) is 20.9. The minimum absolute atomic E-state index is 0.711. The maximum Gasteiger partial charge on any atom is 0.0244 e. The largest absolute Gasteiger partial charge is 0.312 e. The van der Waals surface area contributed by atoms with Crippen LogP contribution in [0.2, 0.25) is 0 Å². The topological polar surface area (TPSA) is 15.3 Å². The van der Waals surface area contributed by atoms with E-state index in [9.17, 15) is 0 Å². The van der Waals surface area contributed by atoms with Crippen LogP contribution in [-0.2, 0) is 13.1 Å². The summed E-state index contributed by atoms with van der Waals surface area (Å²) < 4.78 is 0. The van der Waals surface area contributed by atoms with Crippen LogP contribution < -0.4 is 5.32 Å². The summed E-state index contributed by atoms with van der Waals surface area (Å²) >= 11 is 0. The first-order valence-corrected chi connectivity index (χ1v) is 7.41. The lowest BCUT2D eigenvalue weighted by Gasteiger charge is -2.27. The van der Waals surface area contributed by atoms with Gasteiger partial charge >= 0.3 is 0 Å². The molecule has 0 spiro atoms. The van der Waals surface area contributed by atoms with Crippen molar-refractivity contribution in [2.75, 3.05) is 6.54 Å². The molecule has 0 saturated heterocycles. The summed E-state index contributed by atoms with van der Waals surface area (Å²) in [5, 5.41) is 3.70. The lowest BCUT2D eigenvalue weighted by atomic mass is 10.1. The van der Waals surface area contributed by atoms with Gasteiger partial charge in [-0.05, 0) is 30.4 Å². The predicted molar refractivity (Wildman–Crippen MR) is 75.4 cm³/mol. The zero-order valence-electron chi connectivity index (χ0n) is 11.4. The van der Waals surface area contributed by atoms with Crippen molar-refractivity contribution in [1.29, 1.82) is 0 Å². The van der Waals surface area contributed by atoms with Gasteiger partial charge in [-0.25, -0.2) is 0 Å². The highest BCUT2D eigenvalue weighted by Crippen LogP contribution is 2.26. The second-order valence-electron chi connectivity index (χ2n) is 5.80. The van der Waals surface area contributed by atoms with Gasteiger partial charge in [-0.3, -0.25) is 4.90 Å². The second kappa shape index (κ2) is 5.41. The van der Waals surface area contributed by atoms with Gasteiger partial charge in [-0.1, -0.05) is 37.6 Å². The summed E-state index contributed by atoms with van der Waals surface area (Å²) in [5.74, 6) is 0. The molecule has 1 saturated carbocycles. The minimum atomic E-state index is 0.711. The first-order valence-electron chi connectivity index (χ1n) is 7.41. The summed E-state index contributed by atoms with van der Waals surface area (Å²) in [6, 6.07) is 10.4. The summed E-state index contributed by atoms with van der Waals surface area (Å²) in [6.07, 6.45) is 5.37. The Bertz CT molecular complexity index is 373. The fourth-order valence-electron chi connectivity index (χ4n) is 2.95. The predicted octanol–water partition coefficient (Wildman–Crippen LogP) is 2.92. The van der Waals surface area contributed by atoms with Gasteiger partial charge in [-0.15, -0.1) is 0 Å². The molecule has 1 unspecified atom stereocenters. The minimum Gasteiger partial charge on any atom is -0.312 e. The molecule has 0 bridgehead atoms. The first-order chi connectivity index (χ1) is 8.86. The van der Waals surface area contributed by atoms with Gasteiger partial charge in [0.15, 0.2) is 0 Å². The Labute approximate surface area is 110 Å². The quantitative estimate of drug-likeness (QED) is 0.827. The Morgan fingerprint density at radius 1 is 1.22 bits per heavy atom. The van der Waals surface area contributed by atoms with E-state index in [0.717, 1.165) is 19.1 Å². The molecule has 2 heteroatoms. The number of benzene rings is 1. The van der Waals surface area contributed by atoms with Gasteiger partial charge < -0.3 is 5.32 Å². The molecule has 1 aromatic carbocycles. The molecule has 1 fully saturated rings. The van der Waals surface area contributed by atoms with Crippen LogP contribution in [0.5, 0.6) is 0 Å². The summed E-state index contributed by atoms with van der Waals surface area (Å²) in [4.78, 5) is 2.66. The van der Waals surface area contributed by atoms with Crippen molar-refractivity contribution in [2.24, 2.45) is 0 Å². The van der Waals surface area contributed by atoms with Crippen molar-refractivity contribution in [2.45, 2.75) is 57.8 Å². The first kappa shape index (κ1) is 12.2. The van der Waals surface area contributed by atoms with Crippen LogP contribution in [0.1, 0.15) is 43.7 Å². The molecule has 0 aromatic heterocycles. The standard InChI is InChI=1S/C16H24N2/c1-2-5-16(10-17-15-8-9-15)18-11-13-6-3-4-7-14(13)12-18/h3-4,6-7,15-17H,2,5,8-12H2,1H3. The summed E-state index contributed by atoms with van der Waals surface area (Å²) in [7, 11) is 0. The molecule has 1 aliphatic heterocycles. The second-order valence-corrected chi connectivity index (χ2v) is 5.80. The zero-order valence-corrected chi connectivity index (χ0v) is 11.4. The third-order valence-electron chi connectivity index (χ3n) is 4.22. The molecule has 1 atom stereocenters. The molecule has 1 aromatic rings. The highest BCUT2D eigenvalue weighted by atomic mass is 15.2. The van der Waals surface area contributed by atoms with Crippen molar-refractivity contribution in [3.8, 4) is 0 Å². The van der Waals surface area contributed by atoms with Crippen molar-refractivity contribution < 1.29 is 0 Å². The van der Waals surface area contributed by atoms with Crippen LogP contribution in [0.4, 0.5) is 0 Å². The molecule has 0 amide bonds. The van der Waals surface area contributed by atoms with Gasteiger partial charge in [0, 0.05) is 31.7 Å². The molecule has 1 heterocycles. The van der Waals surface area contributed by atoms with E-state index in [2.05, 4.69) is 41.4 Å². The molecule has 2 nitrogen and oxygen atoms in total. The third kappa shape index (κ3) is 2.76. The Morgan fingerprint density at radius 2 is 1.89 bits per heavy atom. The molecule has 0 radical (unpaired) electrons. The van der Waals surface area contributed by atoms with Gasteiger partial charge in [-0.2, -0.15) is 0 Å². The Balaban J connectivity index is 1.61. The molecule has 3 rings (SSSR count). The van der Waals surface area contributed by atoms with Gasteiger partial charge in [0.2, 0.25) is 0 Å². The lowest BCUT2D eigenvalue weighted by molar-refractivity contribution is 0.182. The summed E-state index contributed by atoms with van der Waals surface area (Å²) in [5.41, 5.74) is 3.06. The number of hydrogen-bond donors (Lipinski definition) is 1. The highest BCUT2D eigenvalue weighted by Gasteiger charge is 2.27. The molecule has 1 N–H and O–H groups in total. The van der Waals surface area contributed by atoms with Crippen LogP contribution in [-0.4, -0.2) is 23.5 Å². The van der Waals surface area contributed by atoms with Crippen LogP contribution >= 0.6 is 0 Å². The Morgan fingerprint density at radius 3 is 2.44 bits per heavy atom. The molecule has 2 aliphatic rings. The van der Waals surface area contributed by atoms with E-state index in [1.807, 2.05) is 0 Å². The number of nitrogens with zero attached hydrogens (tertiary/aromatic N) is 1. The van der Waals surface area contributed by atoms with Crippen molar-refractivity contribution >= 4 is 0 Å². The molecule has 18 heavy (non-hydrogen) atoms. The maximum absolute atomic E-state index is 3.70. The monoisotopic (exact) mass is 244 g/mol. The lowest BCUT2D eigenvalue weighted by Crippen LogP contribution is -2.40. The molecule has 1 aliphatic carbocycles. The smallest absolute Gasteiger partial charge is 0.0244 e. The summed E-state index contributed by atoms with van der Waals surface area (Å²) in [6.45, 7) is 5.76. The van der Waals surface area contributed by atoms with Gasteiger partial charge in [0.1, 0.15) is 0 Å². The number of rotatable bonds is 6. The average Bonchev–Trinajstić information content (AvgIpc) is 3.11. The average molecular weight is 244 g/mol. The van der Waals surface area contributed by atoms with Crippen LogP contribution in [0, 0.1) is 0 Å². The highest BCUT2D eigenvalue weighted by molar-refractivity contribution is 5.30. The fraction of sp³-hybridized carbons (Fsp3) is 0.625. The van der Waals surface area contributed by atoms with Gasteiger partial charge in [0.05, 0.1) is 0 Å². The molecule has 98 valence electrons. The van der Waals surface area contributed by atoms with Gasteiger partial charge in [0.25, 0.3) is 0 Å². The van der Waals surface area contributed by atoms with E-state index in [1.165, 1.54) is 43.4 Å². The fourth-order valence-corrected chi connectivity index (χ4v) is 2.95. The SMILES string of the molecule is CCCC(CNC1CC1)N1Cc2ccccc2C1. The van der Waals surface area contributed by atoms with Crippen LogP contribution in [0.25, 0.3) is 0 Å². The van der Waals surface area contributed by atoms with E-state index < -0.39 is 0 Å². The zero-order chi connectivity index (χ0) is 12.4. The third-order valence-corrected chi connectivity index (χ3v) is 4.22. The number of fused-ring (bicyclic) bond motifs is 1. The number of nitrogens with one attached hydrogen (secondary N) is 1. The van der Waals surface area contributed by atoms with E-state index in [4.69, 9.17) is 0 Å². The molecular weight excluding hydrogens is 220 g/mol. The molecular formula is C16H24N2.